The number of nitrogens with one attached hydrogen (secondary N) is 1. The van der Waals surface area contributed by atoms with Crippen LogP contribution in [0.25, 0.3) is 0 Å². The molecule has 1 aliphatic heterocycles. The van der Waals surface area contributed by atoms with E-state index in [1.54, 1.807) is 12.1 Å². The van der Waals surface area contributed by atoms with Gasteiger partial charge in [0.25, 0.3) is 0 Å². The van der Waals surface area contributed by atoms with Gasteiger partial charge in [-0.1, -0.05) is 42.0 Å². The van der Waals surface area contributed by atoms with Gasteiger partial charge in [0.05, 0.1) is 10.9 Å². The summed E-state index contributed by atoms with van der Waals surface area (Å²) in [6.07, 6.45) is 5.37. The molecule has 2 aliphatic rings. The Bertz CT molecular complexity index is 917. The van der Waals surface area contributed by atoms with Crippen LogP contribution in [0.15, 0.2) is 59.5 Å². The molecule has 0 saturated carbocycles. The predicted octanol–water partition coefficient (Wildman–Crippen LogP) is 3.47. The van der Waals surface area contributed by atoms with Gasteiger partial charge < -0.3 is 5.32 Å². The third kappa shape index (κ3) is 2.54. The van der Waals surface area contributed by atoms with E-state index in [-0.39, 0.29) is 16.9 Å². The molecule has 0 aromatic heterocycles. The van der Waals surface area contributed by atoms with Crippen LogP contribution in [0.3, 0.4) is 0 Å². The van der Waals surface area contributed by atoms with E-state index in [9.17, 15) is 8.42 Å². The summed E-state index contributed by atoms with van der Waals surface area (Å²) in [5.74, 6) is 0.602. The number of allylic oxidation sites excluding steroid dienone is 2. The van der Waals surface area contributed by atoms with E-state index in [2.05, 4.69) is 48.7 Å². The number of nitrogens with two attached hydrogens (primary N) is 1. The normalized spacial score (nSPS) is 25.0. The van der Waals surface area contributed by atoms with Crippen molar-refractivity contribution in [3.63, 3.8) is 0 Å². The van der Waals surface area contributed by atoms with E-state index in [1.807, 2.05) is 6.07 Å². The summed E-state index contributed by atoms with van der Waals surface area (Å²) in [5.41, 5.74) is 4.51. The standard InChI is InChI=1S/C19H20N2O2S/c1-12-5-7-13(8-6-12)19-16-4-2-3-15(16)17-11-14(24(20,22)23)9-10-18(17)21-19/h2-3,5-11,15-16,19,21H,4H2,1H3,(H2,20,22,23)/t15-,16+,19+/m0/s1. The molecular formula is C19H20N2O2S. The van der Waals surface area contributed by atoms with Gasteiger partial charge in [0.1, 0.15) is 0 Å². The van der Waals surface area contributed by atoms with Crippen molar-refractivity contribution in [2.75, 3.05) is 5.32 Å². The van der Waals surface area contributed by atoms with Crippen LogP contribution < -0.4 is 10.5 Å². The molecule has 0 radical (unpaired) electrons. The minimum absolute atomic E-state index is 0.177. The molecule has 0 amide bonds. The van der Waals surface area contributed by atoms with E-state index in [4.69, 9.17) is 5.14 Å². The van der Waals surface area contributed by atoms with E-state index in [0.717, 1.165) is 17.7 Å². The second-order valence-corrected chi connectivity index (χ2v) is 8.24. The van der Waals surface area contributed by atoms with Crippen molar-refractivity contribution >= 4 is 15.7 Å². The van der Waals surface area contributed by atoms with Crippen LogP contribution in [-0.4, -0.2) is 8.42 Å². The van der Waals surface area contributed by atoms with E-state index < -0.39 is 10.0 Å². The van der Waals surface area contributed by atoms with Gasteiger partial charge in [-0.3, -0.25) is 0 Å². The largest absolute Gasteiger partial charge is 0.378 e. The van der Waals surface area contributed by atoms with Crippen LogP contribution in [0.1, 0.15) is 35.1 Å². The van der Waals surface area contributed by atoms with Crippen LogP contribution in [0.4, 0.5) is 5.69 Å². The summed E-state index contributed by atoms with van der Waals surface area (Å²) in [5, 5.41) is 8.90. The first kappa shape index (κ1) is 15.4. The molecule has 0 fully saturated rings. The fraction of sp³-hybridized carbons (Fsp3) is 0.263. The van der Waals surface area contributed by atoms with Gasteiger partial charge in [0.2, 0.25) is 10.0 Å². The van der Waals surface area contributed by atoms with Crippen LogP contribution in [0.5, 0.6) is 0 Å². The number of hydrogen-bond acceptors (Lipinski definition) is 3. The van der Waals surface area contributed by atoms with Crippen molar-refractivity contribution in [2.24, 2.45) is 11.1 Å². The van der Waals surface area contributed by atoms with E-state index in [1.165, 1.54) is 11.1 Å². The second kappa shape index (κ2) is 5.46. The molecule has 124 valence electrons. The number of hydrogen-bond donors (Lipinski definition) is 2. The van der Waals surface area contributed by atoms with Gasteiger partial charge in [-0.2, -0.15) is 0 Å². The summed E-state index contributed by atoms with van der Waals surface area (Å²) in [6, 6.07) is 14.0. The maximum atomic E-state index is 11.7. The molecular weight excluding hydrogens is 320 g/mol. The van der Waals surface area contributed by atoms with Gasteiger partial charge in [-0.15, -0.1) is 0 Å². The zero-order chi connectivity index (χ0) is 16.9. The third-order valence-electron chi connectivity index (χ3n) is 5.10. The topological polar surface area (TPSA) is 72.2 Å². The molecule has 3 atom stereocenters. The van der Waals surface area contributed by atoms with Crippen molar-refractivity contribution in [3.05, 3.63) is 71.3 Å². The SMILES string of the molecule is Cc1ccc([C@H]2Nc3ccc(S(N)(=O)=O)cc3[C@H]3C=CC[C@H]32)cc1. The van der Waals surface area contributed by atoms with Gasteiger partial charge in [0.15, 0.2) is 0 Å². The minimum Gasteiger partial charge on any atom is -0.378 e. The maximum Gasteiger partial charge on any atom is 0.238 e. The Balaban J connectivity index is 1.79. The lowest BCUT2D eigenvalue weighted by atomic mass is 9.77. The molecule has 1 heterocycles. The Kier molecular flexibility index (Phi) is 3.51. The van der Waals surface area contributed by atoms with Crippen LogP contribution in [-0.2, 0) is 10.0 Å². The van der Waals surface area contributed by atoms with Crippen molar-refractivity contribution in [3.8, 4) is 0 Å². The summed E-state index contributed by atoms with van der Waals surface area (Å²) in [7, 11) is -3.69. The molecule has 5 heteroatoms. The second-order valence-electron chi connectivity index (χ2n) is 6.68. The first-order chi connectivity index (χ1) is 11.4. The Morgan fingerprint density at radius 1 is 1.12 bits per heavy atom. The first-order valence-corrected chi connectivity index (χ1v) is 9.64. The number of anilines is 1. The fourth-order valence-corrected chi connectivity index (χ4v) is 4.40. The maximum absolute atomic E-state index is 11.7. The molecule has 4 nitrogen and oxygen atoms in total. The van der Waals surface area contributed by atoms with Crippen molar-refractivity contribution in [2.45, 2.75) is 30.2 Å². The molecule has 24 heavy (non-hydrogen) atoms. The Labute approximate surface area is 142 Å². The first-order valence-electron chi connectivity index (χ1n) is 8.10. The van der Waals surface area contributed by atoms with Crippen molar-refractivity contribution in [1.82, 2.24) is 0 Å². The third-order valence-corrected chi connectivity index (χ3v) is 6.01. The zero-order valence-electron chi connectivity index (χ0n) is 13.4. The molecule has 2 aromatic rings. The van der Waals surface area contributed by atoms with Gasteiger partial charge in [0, 0.05) is 11.6 Å². The van der Waals surface area contributed by atoms with Crippen LogP contribution in [0.2, 0.25) is 0 Å². The molecule has 4 rings (SSSR count). The molecule has 3 N–H and O–H groups in total. The number of fused-ring (bicyclic) bond motifs is 3. The molecule has 0 unspecified atom stereocenters. The van der Waals surface area contributed by atoms with Gasteiger partial charge in [-0.05, 0) is 48.6 Å². The lowest BCUT2D eigenvalue weighted by Crippen LogP contribution is -2.29. The molecule has 1 aliphatic carbocycles. The lowest BCUT2D eigenvalue weighted by Gasteiger charge is -2.37. The summed E-state index contributed by atoms with van der Waals surface area (Å²) >= 11 is 0. The van der Waals surface area contributed by atoms with Crippen LogP contribution in [0, 0.1) is 12.8 Å². The summed E-state index contributed by atoms with van der Waals surface area (Å²) < 4.78 is 23.3. The average Bonchev–Trinajstić information content (AvgIpc) is 3.03. The monoisotopic (exact) mass is 340 g/mol. The number of aryl methyl sites for hydroxylation is 1. The van der Waals surface area contributed by atoms with Gasteiger partial charge in [-0.25, -0.2) is 13.6 Å². The number of sulfonamides is 1. The number of primary sulfonamides is 1. The smallest absolute Gasteiger partial charge is 0.238 e. The Morgan fingerprint density at radius 3 is 2.58 bits per heavy atom. The minimum atomic E-state index is -3.69. The molecule has 0 bridgehead atoms. The van der Waals surface area contributed by atoms with Gasteiger partial charge >= 0.3 is 0 Å². The highest BCUT2D eigenvalue weighted by atomic mass is 32.2. The highest BCUT2D eigenvalue weighted by molar-refractivity contribution is 7.89. The molecule has 0 spiro atoms. The average molecular weight is 340 g/mol. The van der Waals surface area contributed by atoms with Crippen LogP contribution >= 0.6 is 0 Å². The Morgan fingerprint density at radius 2 is 1.88 bits per heavy atom. The lowest BCUT2D eigenvalue weighted by molar-refractivity contribution is 0.425. The molecule has 2 aromatic carbocycles. The van der Waals surface area contributed by atoms with E-state index in [0.29, 0.717) is 5.92 Å². The highest BCUT2D eigenvalue weighted by Gasteiger charge is 2.38. The quantitative estimate of drug-likeness (QED) is 0.822. The van der Waals surface area contributed by atoms with Crippen molar-refractivity contribution < 1.29 is 8.42 Å². The Hall–Kier alpha value is -2.11. The summed E-state index contributed by atoms with van der Waals surface area (Å²) in [6.45, 7) is 2.09. The number of benzene rings is 2. The van der Waals surface area contributed by atoms with Crippen molar-refractivity contribution in [1.29, 1.82) is 0 Å². The highest BCUT2D eigenvalue weighted by Crippen LogP contribution is 2.50. The van der Waals surface area contributed by atoms with E-state index >= 15 is 0 Å². The fourth-order valence-electron chi connectivity index (χ4n) is 3.85. The zero-order valence-corrected chi connectivity index (χ0v) is 14.3. The molecule has 0 saturated heterocycles. The predicted molar refractivity (Wildman–Crippen MR) is 95.3 cm³/mol. The number of rotatable bonds is 2. The summed E-state index contributed by atoms with van der Waals surface area (Å²) in [4.78, 5) is 0.177.